The zero-order valence-electron chi connectivity index (χ0n) is 8.52. The first-order valence-corrected chi connectivity index (χ1v) is 5.08. The number of anilines is 1. The summed E-state index contributed by atoms with van der Waals surface area (Å²) in [5, 5.41) is 3.03. The molecular weight excluding hydrogens is 230 g/mol. The van der Waals surface area contributed by atoms with E-state index in [0.29, 0.717) is 0 Å². The molecule has 1 N–H and O–H groups in total. The zero-order valence-corrected chi connectivity index (χ0v) is 10.1. The second-order valence-corrected chi connectivity index (χ2v) is 2.95. The molecule has 0 radical (unpaired) electrons. The molecule has 0 atom stereocenters. The lowest BCUT2D eigenvalue weighted by atomic mass is 10.3. The van der Waals surface area contributed by atoms with E-state index in [1.54, 1.807) is 7.11 Å². The standard InChI is InChI=1S/C8H10BrNO.C2H6/c1-10-6-3-4-7(9)8(5-6)11-2;1-2/h3-5,10H,1-2H3;1-2H3. The van der Waals surface area contributed by atoms with Gasteiger partial charge in [0.15, 0.2) is 0 Å². The van der Waals surface area contributed by atoms with Crippen LogP contribution in [0.2, 0.25) is 0 Å². The highest BCUT2D eigenvalue weighted by atomic mass is 79.9. The van der Waals surface area contributed by atoms with Crippen molar-refractivity contribution >= 4 is 21.6 Å². The molecule has 74 valence electrons. The molecule has 1 aromatic carbocycles. The maximum Gasteiger partial charge on any atom is 0.135 e. The summed E-state index contributed by atoms with van der Waals surface area (Å²) in [6.07, 6.45) is 0. The van der Waals surface area contributed by atoms with E-state index >= 15 is 0 Å². The van der Waals surface area contributed by atoms with Crippen LogP contribution in [0.1, 0.15) is 13.8 Å². The fourth-order valence-electron chi connectivity index (χ4n) is 0.815. The highest BCUT2D eigenvalue weighted by Crippen LogP contribution is 2.27. The molecule has 0 unspecified atom stereocenters. The van der Waals surface area contributed by atoms with E-state index < -0.39 is 0 Å². The van der Waals surface area contributed by atoms with Gasteiger partial charge in [-0.05, 0) is 28.1 Å². The molecule has 0 aliphatic carbocycles. The largest absolute Gasteiger partial charge is 0.495 e. The van der Waals surface area contributed by atoms with Gasteiger partial charge in [0.05, 0.1) is 11.6 Å². The third kappa shape index (κ3) is 3.68. The lowest BCUT2D eigenvalue weighted by molar-refractivity contribution is 0.412. The summed E-state index contributed by atoms with van der Waals surface area (Å²) < 4.78 is 6.07. The van der Waals surface area contributed by atoms with Gasteiger partial charge in [-0.1, -0.05) is 13.8 Å². The van der Waals surface area contributed by atoms with Crippen molar-refractivity contribution in [2.75, 3.05) is 19.5 Å². The summed E-state index contributed by atoms with van der Waals surface area (Å²) in [6, 6.07) is 5.86. The molecular formula is C10H16BrNO. The smallest absolute Gasteiger partial charge is 0.135 e. The molecule has 13 heavy (non-hydrogen) atoms. The molecule has 0 fully saturated rings. The summed E-state index contributed by atoms with van der Waals surface area (Å²) in [4.78, 5) is 0. The second kappa shape index (κ2) is 6.78. The quantitative estimate of drug-likeness (QED) is 0.861. The van der Waals surface area contributed by atoms with Crippen LogP contribution in [0.4, 0.5) is 5.69 Å². The molecule has 0 aromatic heterocycles. The summed E-state index contributed by atoms with van der Waals surface area (Å²) in [5.74, 6) is 0.844. The van der Waals surface area contributed by atoms with E-state index in [4.69, 9.17) is 4.74 Å². The fraction of sp³-hybridized carbons (Fsp3) is 0.400. The van der Waals surface area contributed by atoms with E-state index in [2.05, 4.69) is 21.2 Å². The minimum Gasteiger partial charge on any atom is -0.495 e. The molecule has 0 heterocycles. The number of rotatable bonds is 2. The molecule has 3 heteroatoms. The SMILES string of the molecule is CC.CNc1ccc(Br)c(OC)c1. The Balaban J connectivity index is 0.000000671. The predicted octanol–water partition coefficient (Wildman–Crippen LogP) is 3.53. The Morgan fingerprint density at radius 1 is 1.31 bits per heavy atom. The Morgan fingerprint density at radius 2 is 1.92 bits per heavy atom. The van der Waals surface area contributed by atoms with Gasteiger partial charge in [-0.25, -0.2) is 0 Å². The summed E-state index contributed by atoms with van der Waals surface area (Å²) in [5.41, 5.74) is 1.05. The van der Waals surface area contributed by atoms with Gasteiger partial charge in [0.1, 0.15) is 5.75 Å². The Labute approximate surface area is 88.4 Å². The van der Waals surface area contributed by atoms with Crippen LogP contribution < -0.4 is 10.1 Å². The van der Waals surface area contributed by atoms with E-state index in [1.807, 2.05) is 39.1 Å². The molecule has 0 spiro atoms. The van der Waals surface area contributed by atoms with Crippen molar-refractivity contribution < 1.29 is 4.74 Å². The Hall–Kier alpha value is -0.700. The van der Waals surface area contributed by atoms with E-state index in [1.165, 1.54) is 0 Å². The maximum atomic E-state index is 5.10. The lowest BCUT2D eigenvalue weighted by Gasteiger charge is -2.05. The van der Waals surface area contributed by atoms with Crippen LogP contribution in [0.25, 0.3) is 0 Å². The first-order valence-electron chi connectivity index (χ1n) is 4.29. The molecule has 0 bridgehead atoms. The third-order valence-corrected chi connectivity index (χ3v) is 2.09. The van der Waals surface area contributed by atoms with Crippen molar-refractivity contribution in [3.05, 3.63) is 22.7 Å². The molecule has 1 rings (SSSR count). The minimum absolute atomic E-state index is 0.844. The van der Waals surface area contributed by atoms with Crippen LogP contribution in [0.3, 0.4) is 0 Å². The van der Waals surface area contributed by atoms with Gasteiger partial charge in [-0.15, -0.1) is 0 Å². The average Bonchev–Trinajstić information content (AvgIpc) is 2.22. The van der Waals surface area contributed by atoms with E-state index in [-0.39, 0.29) is 0 Å². The molecule has 0 saturated heterocycles. The third-order valence-electron chi connectivity index (χ3n) is 1.44. The lowest BCUT2D eigenvalue weighted by Crippen LogP contribution is -1.89. The maximum absolute atomic E-state index is 5.10. The van der Waals surface area contributed by atoms with Crippen molar-refractivity contribution in [1.29, 1.82) is 0 Å². The van der Waals surface area contributed by atoms with Crippen LogP contribution in [0, 0.1) is 0 Å². The highest BCUT2D eigenvalue weighted by molar-refractivity contribution is 9.10. The fourth-order valence-corrected chi connectivity index (χ4v) is 1.22. The molecule has 0 aliphatic rings. The van der Waals surface area contributed by atoms with Crippen molar-refractivity contribution in [2.45, 2.75) is 13.8 Å². The number of nitrogens with one attached hydrogen (secondary N) is 1. The van der Waals surface area contributed by atoms with Crippen molar-refractivity contribution in [3.63, 3.8) is 0 Å². The van der Waals surface area contributed by atoms with Gasteiger partial charge < -0.3 is 10.1 Å². The Bertz CT molecular complexity index is 251. The molecule has 0 aliphatic heterocycles. The Morgan fingerprint density at radius 3 is 2.38 bits per heavy atom. The van der Waals surface area contributed by atoms with Gasteiger partial charge in [0.25, 0.3) is 0 Å². The molecule has 2 nitrogen and oxygen atoms in total. The van der Waals surface area contributed by atoms with Crippen molar-refractivity contribution in [2.24, 2.45) is 0 Å². The van der Waals surface area contributed by atoms with Gasteiger partial charge in [0, 0.05) is 18.8 Å². The number of methoxy groups -OCH3 is 1. The van der Waals surface area contributed by atoms with Crippen LogP contribution in [0.5, 0.6) is 5.75 Å². The number of halogens is 1. The summed E-state index contributed by atoms with van der Waals surface area (Å²) >= 11 is 3.37. The van der Waals surface area contributed by atoms with Gasteiger partial charge in [-0.3, -0.25) is 0 Å². The first kappa shape index (κ1) is 12.3. The van der Waals surface area contributed by atoms with Crippen LogP contribution in [-0.4, -0.2) is 14.2 Å². The van der Waals surface area contributed by atoms with Gasteiger partial charge >= 0.3 is 0 Å². The molecule has 0 saturated carbocycles. The van der Waals surface area contributed by atoms with Crippen molar-refractivity contribution in [1.82, 2.24) is 0 Å². The summed E-state index contributed by atoms with van der Waals surface area (Å²) in [7, 11) is 3.53. The Kier molecular flexibility index (Phi) is 6.41. The molecule has 0 amide bonds. The minimum atomic E-state index is 0.844. The number of hydrogen-bond donors (Lipinski definition) is 1. The number of hydrogen-bond acceptors (Lipinski definition) is 2. The van der Waals surface area contributed by atoms with E-state index in [9.17, 15) is 0 Å². The number of ether oxygens (including phenoxy) is 1. The van der Waals surface area contributed by atoms with Crippen LogP contribution in [0.15, 0.2) is 22.7 Å². The highest BCUT2D eigenvalue weighted by Gasteiger charge is 1.98. The zero-order chi connectivity index (χ0) is 10.3. The van der Waals surface area contributed by atoms with Crippen LogP contribution >= 0.6 is 15.9 Å². The van der Waals surface area contributed by atoms with Gasteiger partial charge in [-0.2, -0.15) is 0 Å². The number of benzene rings is 1. The summed E-state index contributed by atoms with van der Waals surface area (Å²) in [6.45, 7) is 4.00. The van der Waals surface area contributed by atoms with Crippen molar-refractivity contribution in [3.8, 4) is 5.75 Å². The first-order chi connectivity index (χ1) is 6.27. The average molecular weight is 246 g/mol. The topological polar surface area (TPSA) is 21.3 Å². The van der Waals surface area contributed by atoms with Gasteiger partial charge in [0.2, 0.25) is 0 Å². The molecule has 1 aromatic rings. The van der Waals surface area contributed by atoms with E-state index in [0.717, 1.165) is 15.9 Å². The second-order valence-electron chi connectivity index (χ2n) is 2.10. The van der Waals surface area contributed by atoms with Crippen LogP contribution in [-0.2, 0) is 0 Å². The monoisotopic (exact) mass is 245 g/mol. The normalized spacial score (nSPS) is 8.38. The predicted molar refractivity (Wildman–Crippen MR) is 61.6 cm³/mol.